The first-order valence-corrected chi connectivity index (χ1v) is 6.03. The van der Waals surface area contributed by atoms with E-state index in [9.17, 15) is 4.79 Å². The van der Waals surface area contributed by atoms with Crippen molar-refractivity contribution < 1.29 is 9.90 Å². The van der Waals surface area contributed by atoms with Crippen molar-refractivity contribution >= 4 is 28.1 Å². The SMILES string of the molecule is CC1CC/C(=N\Nc2nc(C(=O)O)cs2)C1. The molecule has 0 radical (unpaired) electrons. The Hall–Kier alpha value is -1.43. The number of thiazole rings is 1. The van der Waals surface area contributed by atoms with Crippen molar-refractivity contribution in [2.24, 2.45) is 11.0 Å². The lowest BCUT2D eigenvalue weighted by Crippen LogP contribution is -1.99. The van der Waals surface area contributed by atoms with Crippen LogP contribution >= 0.6 is 11.3 Å². The lowest BCUT2D eigenvalue weighted by molar-refractivity contribution is 0.0691. The number of carbonyl (C=O) groups is 1. The highest BCUT2D eigenvalue weighted by Crippen LogP contribution is 2.22. The summed E-state index contributed by atoms with van der Waals surface area (Å²) < 4.78 is 0. The predicted molar refractivity (Wildman–Crippen MR) is 63.1 cm³/mol. The predicted octanol–water partition coefficient (Wildman–Crippen LogP) is 2.43. The van der Waals surface area contributed by atoms with Gasteiger partial charge in [0.15, 0.2) is 5.69 Å². The van der Waals surface area contributed by atoms with E-state index in [0.717, 1.165) is 18.6 Å². The minimum Gasteiger partial charge on any atom is -0.476 e. The van der Waals surface area contributed by atoms with E-state index in [1.54, 1.807) is 0 Å². The van der Waals surface area contributed by atoms with Crippen LogP contribution in [0.25, 0.3) is 0 Å². The molecule has 1 heterocycles. The van der Waals surface area contributed by atoms with Crippen LogP contribution in [0.2, 0.25) is 0 Å². The summed E-state index contributed by atoms with van der Waals surface area (Å²) in [5, 5.41) is 15.0. The number of carboxylic acid groups (broad SMARTS) is 1. The molecule has 16 heavy (non-hydrogen) atoms. The zero-order chi connectivity index (χ0) is 11.5. The Morgan fingerprint density at radius 1 is 1.75 bits per heavy atom. The summed E-state index contributed by atoms with van der Waals surface area (Å²) in [4.78, 5) is 14.5. The largest absolute Gasteiger partial charge is 0.476 e. The van der Waals surface area contributed by atoms with Gasteiger partial charge >= 0.3 is 5.97 Å². The molecule has 0 aromatic carbocycles. The van der Waals surface area contributed by atoms with E-state index in [1.807, 2.05) is 0 Å². The third-order valence-electron chi connectivity index (χ3n) is 2.54. The second-order valence-electron chi connectivity index (χ2n) is 3.98. The van der Waals surface area contributed by atoms with Gasteiger partial charge in [0.25, 0.3) is 0 Å². The topological polar surface area (TPSA) is 74.6 Å². The standard InChI is InChI=1S/C10H13N3O2S/c1-6-2-3-7(4-6)12-13-10-11-8(5-16-10)9(14)15/h5-6H,2-4H2,1H3,(H,11,13)(H,14,15)/b12-7+. The molecule has 6 heteroatoms. The van der Waals surface area contributed by atoms with Crippen LogP contribution in [0.1, 0.15) is 36.7 Å². The van der Waals surface area contributed by atoms with Crippen LogP contribution in [0.15, 0.2) is 10.5 Å². The fourth-order valence-electron chi connectivity index (χ4n) is 1.67. The van der Waals surface area contributed by atoms with Gasteiger partial charge in [0, 0.05) is 11.1 Å². The minimum atomic E-state index is -1.01. The van der Waals surface area contributed by atoms with Gasteiger partial charge in [0.2, 0.25) is 5.13 Å². The van der Waals surface area contributed by atoms with Gasteiger partial charge < -0.3 is 5.11 Å². The second kappa shape index (κ2) is 4.61. The van der Waals surface area contributed by atoms with Crippen molar-refractivity contribution in [3.05, 3.63) is 11.1 Å². The summed E-state index contributed by atoms with van der Waals surface area (Å²) in [6.07, 6.45) is 3.22. The molecule has 0 bridgehead atoms. The van der Waals surface area contributed by atoms with Crippen molar-refractivity contribution in [3.63, 3.8) is 0 Å². The number of nitrogens with zero attached hydrogens (tertiary/aromatic N) is 2. The molecule has 0 aliphatic heterocycles. The van der Waals surface area contributed by atoms with Gasteiger partial charge in [-0.05, 0) is 25.2 Å². The highest BCUT2D eigenvalue weighted by atomic mass is 32.1. The van der Waals surface area contributed by atoms with Crippen molar-refractivity contribution in [2.45, 2.75) is 26.2 Å². The van der Waals surface area contributed by atoms with Crippen molar-refractivity contribution in [2.75, 3.05) is 5.43 Å². The lowest BCUT2D eigenvalue weighted by atomic mass is 10.1. The summed E-state index contributed by atoms with van der Waals surface area (Å²) in [5.41, 5.74) is 4.02. The first-order chi connectivity index (χ1) is 7.65. The van der Waals surface area contributed by atoms with Crippen molar-refractivity contribution in [1.29, 1.82) is 0 Å². The van der Waals surface area contributed by atoms with Crippen LogP contribution in [-0.4, -0.2) is 21.8 Å². The molecule has 86 valence electrons. The average Bonchev–Trinajstić information content (AvgIpc) is 2.83. The lowest BCUT2D eigenvalue weighted by Gasteiger charge is -1.97. The number of hydrogen-bond acceptors (Lipinski definition) is 5. The van der Waals surface area contributed by atoms with Gasteiger partial charge in [0.05, 0.1) is 0 Å². The molecule has 2 rings (SSSR count). The van der Waals surface area contributed by atoms with Crippen molar-refractivity contribution in [1.82, 2.24) is 4.98 Å². The van der Waals surface area contributed by atoms with E-state index in [2.05, 4.69) is 22.4 Å². The molecule has 1 aliphatic carbocycles. The molecule has 1 atom stereocenters. The quantitative estimate of drug-likeness (QED) is 0.794. The number of hydrazone groups is 1. The molecule has 2 N–H and O–H groups in total. The van der Waals surface area contributed by atoms with Crippen LogP contribution in [0.4, 0.5) is 5.13 Å². The first kappa shape index (κ1) is 11.1. The third kappa shape index (κ3) is 2.57. The van der Waals surface area contributed by atoms with E-state index in [0.29, 0.717) is 11.0 Å². The van der Waals surface area contributed by atoms with Gasteiger partial charge in [-0.15, -0.1) is 11.3 Å². The van der Waals surface area contributed by atoms with Gasteiger partial charge in [-0.25, -0.2) is 9.78 Å². The summed E-state index contributed by atoms with van der Waals surface area (Å²) in [5.74, 6) is -0.308. The highest BCUT2D eigenvalue weighted by molar-refractivity contribution is 7.13. The number of carboxylic acids is 1. The molecule has 1 aromatic heterocycles. The smallest absolute Gasteiger partial charge is 0.355 e. The number of nitrogens with one attached hydrogen (secondary N) is 1. The molecular formula is C10H13N3O2S. The van der Waals surface area contributed by atoms with Crippen LogP contribution in [0.3, 0.4) is 0 Å². The number of anilines is 1. The first-order valence-electron chi connectivity index (χ1n) is 5.15. The molecule has 0 amide bonds. The number of rotatable bonds is 3. The molecule has 5 nitrogen and oxygen atoms in total. The molecular weight excluding hydrogens is 226 g/mol. The number of hydrogen-bond donors (Lipinski definition) is 2. The Bertz CT molecular complexity index is 427. The number of aromatic nitrogens is 1. The van der Waals surface area contributed by atoms with E-state index in [4.69, 9.17) is 5.11 Å². The van der Waals surface area contributed by atoms with Crippen molar-refractivity contribution in [3.8, 4) is 0 Å². The molecule has 1 aliphatic rings. The molecule has 0 spiro atoms. The minimum absolute atomic E-state index is 0.0625. The average molecular weight is 239 g/mol. The van der Waals surface area contributed by atoms with E-state index in [-0.39, 0.29) is 5.69 Å². The maximum absolute atomic E-state index is 10.6. The van der Waals surface area contributed by atoms with E-state index in [1.165, 1.54) is 23.1 Å². The van der Waals surface area contributed by atoms with Gasteiger partial charge in [0.1, 0.15) is 0 Å². The Morgan fingerprint density at radius 2 is 2.56 bits per heavy atom. The number of aromatic carboxylic acids is 1. The Morgan fingerprint density at radius 3 is 3.12 bits per heavy atom. The summed E-state index contributed by atoms with van der Waals surface area (Å²) in [6, 6.07) is 0. The summed E-state index contributed by atoms with van der Waals surface area (Å²) >= 11 is 1.25. The highest BCUT2D eigenvalue weighted by Gasteiger charge is 2.16. The third-order valence-corrected chi connectivity index (χ3v) is 3.29. The van der Waals surface area contributed by atoms with Gasteiger partial charge in [-0.1, -0.05) is 6.92 Å². The molecule has 1 aromatic rings. The molecule has 0 saturated heterocycles. The normalized spacial score (nSPS) is 22.6. The zero-order valence-corrected chi connectivity index (χ0v) is 9.75. The van der Waals surface area contributed by atoms with E-state index < -0.39 is 5.97 Å². The molecule has 1 unspecified atom stereocenters. The summed E-state index contributed by atoms with van der Waals surface area (Å²) in [6.45, 7) is 2.20. The van der Waals surface area contributed by atoms with Crippen LogP contribution < -0.4 is 5.43 Å². The Labute approximate surface area is 97.2 Å². The van der Waals surface area contributed by atoms with Crippen LogP contribution in [0.5, 0.6) is 0 Å². The fourth-order valence-corrected chi connectivity index (χ4v) is 2.30. The van der Waals surface area contributed by atoms with E-state index >= 15 is 0 Å². The second-order valence-corrected chi connectivity index (χ2v) is 4.84. The van der Waals surface area contributed by atoms with Crippen LogP contribution in [0, 0.1) is 5.92 Å². The van der Waals surface area contributed by atoms with Gasteiger partial charge in [-0.2, -0.15) is 5.10 Å². The molecule has 1 saturated carbocycles. The maximum atomic E-state index is 10.6. The van der Waals surface area contributed by atoms with Crippen LogP contribution in [-0.2, 0) is 0 Å². The monoisotopic (exact) mass is 239 g/mol. The fraction of sp³-hybridized carbons (Fsp3) is 0.500. The molecule has 1 fully saturated rings. The summed E-state index contributed by atoms with van der Waals surface area (Å²) in [7, 11) is 0. The zero-order valence-electron chi connectivity index (χ0n) is 8.93. The van der Waals surface area contributed by atoms with Gasteiger partial charge in [-0.3, -0.25) is 5.43 Å². The Kier molecular flexibility index (Phi) is 3.19. The maximum Gasteiger partial charge on any atom is 0.355 e. The Balaban J connectivity index is 1.96.